The Morgan fingerprint density at radius 2 is 1.52 bits per heavy atom. The van der Waals surface area contributed by atoms with E-state index < -0.39 is 32.3 Å². The molecule has 0 radical (unpaired) electrons. The molecule has 0 fully saturated rings. The standard InChI is InChI=1S/C14H10F4O2S/c1-9-5-7-10(8-6-9)21(19,20)12-4-2-3-11(15)13(12)14(16,17)18/h2-8H,1H3. The first-order valence-corrected chi connectivity index (χ1v) is 7.30. The lowest BCUT2D eigenvalue weighted by Gasteiger charge is -2.14. The lowest BCUT2D eigenvalue weighted by molar-refractivity contribution is -0.142. The highest BCUT2D eigenvalue weighted by atomic mass is 32.2. The predicted octanol–water partition coefficient (Wildman–Crippen LogP) is 3.99. The molecule has 0 saturated carbocycles. The zero-order valence-corrected chi connectivity index (χ0v) is 11.6. The van der Waals surface area contributed by atoms with E-state index >= 15 is 0 Å². The van der Waals surface area contributed by atoms with Gasteiger partial charge in [-0.15, -0.1) is 0 Å². The van der Waals surface area contributed by atoms with Crippen LogP contribution in [-0.2, 0) is 16.0 Å². The second kappa shape index (κ2) is 5.14. The van der Waals surface area contributed by atoms with Gasteiger partial charge in [-0.05, 0) is 31.2 Å². The van der Waals surface area contributed by atoms with Gasteiger partial charge in [-0.1, -0.05) is 23.8 Å². The van der Waals surface area contributed by atoms with Crippen LogP contribution in [-0.4, -0.2) is 8.42 Å². The second-order valence-corrected chi connectivity index (χ2v) is 6.35. The third kappa shape index (κ3) is 2.92. The summed E-state index contributed by atoms with van der Waals surface area (Å²) in [7, 11) is -4.45. The Hall–Kier alpha value is -1.89. The molecule has 0 bridgehead atoms. The number of sulfone groups is 1. The van der Waals surface area contributed by atoms with Crippen molar-refractivity contribution in [1.29, 1.82) is 0 Å². The van der Waals surface area contributed by atoms with Gasteiger partial charge >= 0.3 is 6.18 Å². The van der Waals surface area contributed by atoms with Gasteiger partial charge in [-0.2, -0.15) is 13.2 Å². The van der Waals surface area contributed by atoms with Crippen LogP contribution in [0, 0.1) is 12.7 Å². The number of alkyl halides is 3. The maximum absolute atomic E-state index is 13.5. The molecule has 0 spiro atoms. The summed E-state index contributed by atoms with van der Waals surface area (Å²) in [6.45, 7) is 1.71. The Balaban J connectivity index is 2.72. The van der Waals surface area contributed by atoms with Crippen molar-refractivity contribution in [3.8, 4) is 0 Å². The number of halogens is 4. The third-order valence-electron chi connectivity index (χ3n) is 2.88. The quantitative estimate of drug-likeness (QED) is 0.785. The molecule has 2 rings (SSSR count). The van der Waals surface area contributed by atoms with Crippen molar-refractivity contribution in [1.82, 2.24) is 0 Å². The Morgan fingerprint density at radius 3 is 2.05 bits per heavy atom. The summed E-state index contributed by atoms with van der Waals surface area (Å²) in [5, 5.41) is 0. The van der Waals surface area contributed by atoms with Crippen molar-refractivity contribution < 1.29 is 26.0 Å². The fraction of sp³-hybridized carbons (Fsp3) is 0.143. The maximum Gasteiger partial charge on any atom is 0.420 e. The molecule has 7 heteroatoms. The fourth-order valence-corrected chi connectivity index (χ4v) is 3.34. The largest absolute Gasteiger partial charge is 0.420 e. The zero-order valence-electron chi connectivity index (χ0n) is 10.8. The van der Waals surface area contributed by atoms with Gasteiger partial charge in [0, 0.05) is 0 Å². The van der Waals surface area contributed by atoms with Crippen molar-refractivity contribution in [2.75, 3.05) is 0 Å². The molecule has 0 aliphatic carbocycles. The van der Waals surface area contributed by atoms with Crippen LogP contribution in [0.5, 0.6) is 0 Å². The first-order chi connectivity index (χ1) is 9.64. The average Bonchev–Trinajstić information content (AvgIpc) is 2.37. The number of benzene rings is 2. The number of hydrogen-bond donors (Lipinski definition) is 0. The van der Waals surface area contributed by atoms with Crippen LogP contribution in [0.2, 0.25) is 0 Å². The number of rotatable bonds is 2. The molecule has 0 amide bonds. The van der Waals surface area contributed by atoms with Crippen molar-refractivity contribution in [2.24, 2.45) is 0 Å². The minimum Gasteiger partial charge on any atom is -0.218 e. The van der Waals surface area contributed by atoms with Crippen LogP contribution in [0.25, 0.3) is 0 Å². The highest BCUT2D eigenvalue weighted by molar-refractivity contribution is 7.91. The van der Waals surface area contributed by atoms with Crippen molar-refractivity contribution in [2.45, 2.75) is 22.9 Å². The molecule has 0 saturated heterocycles. The summed E-state index contributed by atoms with van der Waals surface area (Å²) in [5.74, 6) is -1.62. The molecule has 2 nitrogen and oxygen atoms in total. The van der Waals surface area contributed by atoms with E-state index in [-0.39, 0.29) is 4.90 Å². The lowest BCUT2D eigenvalue weighted by Crippen LogP contribution is -2.15. The van der Waals surface area contributed by atoms with Crippen LogP contribution < -0.4 is 0 Å². The summed E-state index contributed by atoms with van der Waals surface area (Å²) >= 11 is 0. The average molecular weight is 318 g/mol. The van der Waals surface area contributed by atoms with E-state index in [0.717, 1.165) is 17.7 Å². The van der Waals surface area contributed by atoms with Crippen LogP contribution >= 0.6 is 0 Å². The summed E-state index contributed by atoms with van der Waals surface area (Å²) in [6.07, 6.45) is -5.10. The van der Waals surface area contributed by atoms with E-state index in [1.807, 2.05) is 0 Å². The van der Waals surface area contributed by atoms with Crippen molar-refractivity contribution in [3.63, 3.8) is 0 Å². The second-order valence-electron chi connectivity index (χ2n) is 4.43. The van der Waals surface area contributed by atoms with Gasteiger partial charge in [0.05, 0.1) is 9.79 Å². The van der Waals surface area contributed by atoms with Gasteiger partial charge in [0.15, 0.2) is 0 Å². The first-order valence-electron chi connectivity index (χ1n) is 5.81. The molecule has 0 aromatic heterocycles. The Labute approximate surface area is 119 Å². The maximum atomic E-state index is 13.5. The first kappa shape index (κ1) is 15.5. The molecule has 0 atom stereocenters. The molecule has 2 aromatic rings. The lowest BCUT2D eigenvalue weighted by atomic mass is 10.2. The molecule has 0 N–H and O–H groups in total. The van der Waals surface area contributed by atoms with E-state index in [1.54, 1.807) is 6.92 Å². The van der Waals surface area contributed by atoms with Gasteiger partial charge in [0.25, 0.3) is 0 Å². The van der Waals surface area contributed by atoms with E-state index in [9.17, 15) is 26.0 Å². The SMILES string of the molecule is Cc1ccc(S(=O)(=O)c2cccc(F)c2C(F)(F)F)cc1. The normalized spacial score (nSPS) is 12.4. The van der Waals surface area contributed by atoms with E-state index in [1.165, 1.54) is 24.3 Å². The minimum atomic E-state index is -5.10. The molecular formula is C14H10F4O2S. The van der Waals surface area contributed by atoms with Crippen LogP contribution in [0.4, 0.5) is 17.6 Å². The highest BCUT2D eigenvalue weighted by Crippen LogP contribution is 2.38. The third-order valence-corrected chi connectivity index (χ3v) is 4.69. The summed E-state index contributed by atoms with van der Waals surface area (Å²) in [5.41, 5.74) is -1.02. The van der Waals surface area contributed by atoms with Gasteiger partial charge in [0.2, 0.25) is 9.84 Å². The molecule has 2 aromatic carbocycles. The van der Waals surface area contributed by atoms with Crippen molar-refractivity contribution >= 4 is 9.84 Å². The van der Waals surface area contributed by atoms with E-state index in [0.29, 0.717) is 6.07 Å². The number of aryl methyl sites for hydroxylation is 1. The highest BCUT2D eigenvalue weighted by Gasteiger charge is 2.40. The molecule has 21 heavy (non-hydrogen) atoms. The van der Waals surface area contributed by atoms with Gasteiger partial charge in [0.1, 0.15) is 11.4 Å². The van der Waals surface area contributed by atoms with E-state index in [4.69, 9.17) is 0 Å². The summed E-state index contributed by atoms with van der Waals surface area (Å²) < 4.78 is 76.8. The molecule has 0 heterocycles. The molecule has 112 valence electrons. The predicted molar refractivity (Wildman–Crippen MR) is 68.0 cm³/mol. The molecule has 0 aliphatic rings. The van der Waals surface area contributed by atoms with Crippen LogP contribution in [0.15, 0.2) is 52.3 Å². The molecular weight excluding hydrogens is 308 g/mol. The topological polar surface area (TPSA) is 34.1 Å². The summed E-state index contributed by atoms with van der Waals surface area (Å²) in [6, 6.07) is 7.56. The Bertz CT molecular complexity index is 763. The monoisotopic (exact) mass is 318 g/mol. The Morgan fingerprint density at radius 1 is 0.952 bits per heavy atom. The zero-order chi connectivity index (χ0) is 15.8. The molecule has 0 aliphatic heterocycles. The summed E-state index contributed by atoms with van der Waals surface area (Å²) in [4.78, 5) is -1.40. The van der Waals surface area contributed by atoms with Crippen molar-refractivity contribution in [3.05, 3.63) is 59.4 Å². The smallest absolute Gasteiger partial charge is 0.218 e. The van der Waals surface area contributed by atoms with Gasteiger partial charge in [-0.25, -0.2) is 12.8 Å². The Kier molecular flexibility index (Phi) is 3.79. The van der Waals surface area contributed by atoms with Crippen LogP contribution in [0.3, 0.4) is 0 Å². The minimum absolute atomic E-state index is 0.316. The number of hydrogen-bond acceptors (Lipinski definition) is 2. The molecule has 0 unspecified atom stereocenters. The van der Waals surface area contributed by atoms with Crippen LogP contribution in [0.1, 0.15) is 11.1 Å². The van der Waals surface area contributed by atoms with Gasteiger partial charge in [-0.3, -0.25) is 0 Å². The fourth-order valence-electron chi connectivity index (χ4n) is 1.85. The van der Waals surface area contributed by atoms with Gasteiger partial charge < -0.3 is 0 Å². The van der Waals surface area contributed by atoms with E-state index in [2.05, 4.69) is 0 Å².